The van der Waals surface area contributed by atoms with Crippen LogP contribution in [0.5, 0.6) is 0 Å². The van der Waals surface area contributed by atoms with Crippen molar-refractivity contribution >= 4 is 16.6 Å². The summed E-state index contributed by atoms with van der Waals surface area (Å²) >= 11 is 0. The number of carbonyl (C=O) groups excluding carboxylic acids is 1. The van der Waals surface area contributed by atoms with Gasteiger partial charge in [0.1, 0.15) is 5.82 Å². The first kappa shape index (κ1) is 15.6. The molecule has 2 aromatic carbocycles. The average Bonchev–Trinajstić information content (AvgIpc) is 2.53. The van der Waals surface area contributed by atoms with Crippen molar-refractivity contribution in [1.29, 1.82) is 0 Å². The molecule has 0 N–H and O–H groups in total. The molecule has 0 fully saturated rings. The Morgan fingerprint density at radius 1 is 1.19 bits per heavy atom. The molecule has 0 aromatic heterocycles. The molecule has 0 aliphatic carbocycles. The molecule has 21 heavy (non-hydrogen) atoms. The molecule has 2 unspecified atom stereocenters. The molecule has 4 heteroatoms. The Kier molecular flexibility index (Phi) is 5.02. The van der Waals surface area contributed by atoms with E-state index in [1.54, 1.807) is 25.1 Å². The summed E-state index contributed by atoms with van der Waals surface area (Å²) in [5, 5.41) is -0.709. The third-order valence-corrected chi connectivity index (χ3v) is 4.94. The molecule has 0 aliphatic heterocycles. The first-order valence-electron chi connectivity index (χ1n) is 6.82. The van der Waals surface area contributed by atoms with E-state index in [2.05, 4.69) is 0 Å². The van der Waals surface area contributed by atoms with Gasteiger partial charge in [-0.05, 0) is 37.1 Å². The largest absolute Gasteiger partial charge is 0.293 e. The normalized spacial score (nSPS) is 13.7. The van der Waals surface area contributed by atoms with Crippen molar-refractivity contribution in [1.82, 2.24) is 0 Å². The fourth-order valence-corrected chi connectivity index (χ4v) is 3.21. The van der Waals surface area contributed by atoms with Crippen LogP contribution in [-0.2, 0) is 17.2 Å². The van der Waals surface area contributed by atoms with E-state index in [4.69, 9.17) is 0 Å². The molecule has 0 radical (unpaired) electrons. The molecule has 2 atom stereocenters. The molecule has 0 saturated carbocycles. The number of ketones is 1. The maximum Gasteiger partial charge on any atom is 0.178 e. The standard InChI is InChI=1S/C17H17FO2S/c1-3-13-7-9-14(10-8-13)17(19)12(2)21(20)16-6-4-5-15(18)11-16/h4-12H,3H2,1-2H3. The van der Waals surface area contributed by atoms with Crippen LogP contribution in [0.2, 0.25) is 0 Å². The number of hydrogen-bond donors (Lipinski definition) is 0. The van der Waals surface area contributed by atoms with Crippen molar-refractivity contribution < 1.29 is 13.4 Å². The van der Waals surface area contributed by atoms with E-state index in [0.717, 1.165) is 12.0 Å². The van der Waals surface area contributed by atoms with E-state index in [9.17, 15) is 13.4 Å². The van der Waals surface area contributed by atoms with Crippen LogP contribution in [0.4, 0.5) is 4.39 Å². The van der Waals surface area contributed by atoms with Crippen LogP contribution in [0, 0.1) is 5.82 Å². The first-order chi connectivity index (χ1) is 10.0. The van der Waals surface area contributed by atoms with Crippen molar-refractivity contribution in [3.05, 3.63) is 65.5 Å². The fourth-order valence-electron chi connectivity index (χ4n) is 2.03. The van der Waals surface area contributed by atoms with Gasteiger partial charge in [-0.15, -0.1) is 0 Å². The zero-order valence-corrected chi connectivity index (χ0v) is 12.8. The summed E-state index contributed by atoms with van der Waals surface area (Å²) in [6, 6.07) is 12.9. The van der Waals surface area contributed by atoms with E-state index in [0.29, 0.717) is 10.5 Å². The van der Waals surface area contributed by atoms with Gasteiger partial charge >= 0.3 is 0 Å². The molecular formula is C17H17FO2S. The van der Waals surface area contributed by atoms with Crippen molar-refractivity contribution in [2.75, 3.05) is 0 Å². The van der Waals surface area contributed by atoms with E-state index in [1.807, 2.05) is 19.1 Å². The van der Waals surface area contributed by atoms with Gasteiger partial charge in [-0.2, -0.15) is 0 Å². The number of aryl methyl sites for hydroxylation is 1. The number of halogens is 1. The highest BCUT2D eigenvalue weighted by Crippen LogP contribution is 2.17. The predicted octanol–water partition coefficient (Wildman–Crippen LogP) is 3.77. The SMILES string of the molecule is CCc1ccc(C(=O)C(C)S(=O)c2cccc(F)c2)cc1. The number of rotatable bonds is 5. The lowest BCUT2D eigenvalue weighted by Crippen LogP contribution is -2.23. The summed E-state index contributed by atoms with van der Waals surface area (Å²) in [6.45, 7) is 3.65. The van der Waals surface area contributed by atoms with Crippen LogP contribution >= 0.6 is 0 Å². The first-order valence-corrected chi connectivity index (χ1v) is 8.03. The Bertz CT molecular complexity index is 665. The molecule has 0 spiro atoms. The number of carbonyl (C=O) groups is 1. The van der Waals surface area contributed by atoms with Crippen LogP contribution in [0.25, 0.3) is 0 Å². The van der Waals surface area contributed by atoms with Crippen LogP contribution in [-0.4, -0.2) is 15.2 Å². The van der Waals surface area contributed by atoms with Gasteiger partial charge in [-0.25, -0.2) is 4.39 Å². The summed E-state index contributed by atoms with van der Waals surface area (Å²) in [6.07, 6.45) is 0.902. The van der Waals surface area contributed by atoms with E-state index >= 15 is 0 Å². The second-order valence-electron chi connectivity index (χ2n) is 4.81. The quantitative estimate of drug-likeness (QED) is 0.788. The second-order valence-corrected chi connectivity index (χ2v) is 6.59. The van der Waals surface area contributed by atoms with E-state index in [-0.39, 0.29) is 5.78 Å². The maximum atomic E-state index is 13.2. The molecule has 110 valence electrons. The highest BCUT2D eigenvalue weighted by molar-refractivity contribution is 7.86. The third kappa shape index (κ3) is 3.64. The van der Waals surface area contributed by atoms with Gasteiger partial charge in [-0.3, -0.25) is 9.00 Å². The molecule has 0 bridgehead atoms. The second kappa shape index (κ2) is 6.76. The maximum absolute atomic E-state index is 13.2. The molecule has 2 aromatic rings. The summed E-state index contributed by atoms with van der Waals surface area (Å²) in [4.78, 5) is 12.7. The van der Waals surface area contributed by atoms with Gasteiger partial charge < -0.3 is 0 Å². The molecule has 2 nitrogen and oxygen atoms in total. The topological polar surface area (TPSA) is 34.1 Å². The summed E-state index contributed by atoms with van der Waals surface area (Å²) in [7, 11) is -1.57. The summed E-state index contributed by atoms with van der Waals surface area (Å²) in [5.41, 5.74) is 1.68. The van der Waals surface area contributed by atoms with Crippen molar-refractivity contribution in [2.24, 2.45) is 0 Å². The Labute approximate surface area is 126 Å². The van der Waals surface area contributed by atoms with Gasteiger partial charge in [0, 0.05) is 10.5 Å². The Morgan fingerprint density at radius 3 is 2.43 bits per heavy atom. The van der Waals surface area contributed by atoms with Gasteiger partial charge in [0.15, 0.2) is 5.78 Å². The monoisotopic (exact) mass is 304 g/mol. The molecular weight excluding hydrogens is 287 g/mol. The van der Waals surface area contributed by atoms with Gasteiger partial charge in [0.05, 0.1) is 16.0 Å². The number of Topliss-reactive ketones (excluding diaryl/α,β-unsaturated/α-hetero) is 1. The third-order valence-electron chi connectivity index (χ3n) is 3.37. The highest BCUT2D eigenvalue weighted by Gasteiger charge is 2.22. The van der Waals surface area contributed by atoms with Crippen LogP contribution in [0.3, 0.4) is 0 Å². The van der Waals surface area contributed by atoms with E-state index in [1.165, 1.54) is 18.2 Å². The van der Waals surface area contributed by atoms with Crippen LogP contribution in [0.15, 0.2) is 53.4 Å². The lowest BCUT2D eigenvalue weighted by molar-refractivity contribution is 0.0992. The number of hydrogen-bond acceptors (Lipinski definition) is 2. The lowest BCUT2D eigenvalue weighted by Gasteiger charge is -2.11. The smallest absolute Gasteiger partial charge is 0.178 e. The summed E-state index contributed by atoms with van der Waals surface area (Å²) in [5.74, 6) is -0.645. The molecule has 0 heterocycles. The Hall–Kier alpha value is -1.81. The van der Waals surface area contributed by atoms with Gasteiger partial charge in [0.25, 0.3) is 0 Å². The Balaban J connectivity index is 2.20. The number of benzene rings is 2. The minimum atomic E-state index is -1.57. The molecule has 0 saturated heterocycles. The zero-order chi connectivity index (χ0) is 15.4. The lowest BCUT2D eigenvalue weighted by atomic mass is 10.1. The fraction of sp³-hybridized carbons (Fsp3) is 0.235. The minimum absolute atomic E-state index is 0.194. The molecule has 2 rings (SSSR count). The van der Waals surface area contributed by atoms with Crippen LogP contribution in [0.1, 0.15) is 29.8 Å². The van der Waals surface area contributed by atoms with Crippen molar-refractivity contribution in [3.63, 3.8) is 0 Å². The predicted molar refractivity (Wildman–Crippen MR) is 82.4 cm³/mol. The molecule has 0 aliphatic rings. The van der Waals surface area contributed by atoms with Crippen molar-refractivity contribution in [2.45, 2.75) is 30.4 Å². The summed E-state index contributed by atoms with van der Waals surface area (Å²) < 4.78 is 25.5. The molecule has 0 amide bonds. The minimum Gasteiger partial charge on any atom is -0.293 e. The van der Waals surface area contributed by atoms with Gasteiger partial charge in [-0.1, -0.05) is 37.3 Å². The van der Waals surface area contributed by atoms with Gasteiger partial charge in [0.2, 0.25) is 0 Å². The highest BCUT2D eigenvalue weighted by atomic mass is 32.2. The van der Waals surface area contributed by atoms with Crippen LogP contribution < -0.4 is 0 Å². The van der Waals surface area contributed by atoms with E-state index < -0.39 is 21.9 Å². The van der Waals surface area contributed by atoms with Crippen molar-refractivity contribution in [3.8, 4) is 0 Å². The zero-order valence-electron chi connectivity index (χ0n) is 12.0. The average molecular weight is 304 g/mol. The Morgan fingerprint density at radius 2 is 1.86 bits per heavy atom.